The topological polar surface area (TPSA) is 119 Å². The van der Waals surface area contributed by atoms with Crippen molar-refractivity contribution in [2.45, 2.75) is 56.1 Å². The molecule has 3 aliphatic rings. The Morgan fingerprint density at radius 3 is 2.79 bits per heavy atom. The SMILES string of the molecule is N#CC[C@]1(n2cc(-c3ncnc4[nH]ccc34)cn2)C[C@H](N2CCN(C(=O)NC3CCC3)CC2)C1. The lowest BCUT2D eigenvalue weighted by atomic mass is 9.70. The van der Waals surface area contributed by atoms with Crippen LogP contribution in [0.15, 0.2) is 31.0 Å². The molecule has 2 amide bonds. The van der Waals surface area contributed by atoms with Crippen LogP contribution in [-0.2, 0) is 5.54 Å². The average Bonchev–Trinajstić information content (AvgIpc) is 3.48. The van der Waals surface area contributed by atoms with Gasteiger partial charge in [0.15, 0.2) is 0 Å². The van der Waals surface area contributed by atoms with Gasteiger partial charge in [-0.15, -0.1) is 0 Å². The predicted molar refractivity (Wildman–Crippen MR) is 126 cm³/mol. The van der Waals surface area contributed by atoms with Gasteiger partial charge < -0.3 is 15.2 Å². The first kappa shape index (κ1) is 21.1. The van der Waals surface area contributed by atoms with Gasteiger partial charge in [0.2, 0.25) is 0 Å². The number of fused-ring (bicyclic) bond motifs is 1. The smallest absolute Gasteiger partial charge is 0.317 e. The van der Waals surface area contributed by atoms with E-state index >= 15 is 0 Å². The van der Waals surface area contributed by atoms with E-state index in [9.17, 15) is 10.1 Å². The van der Waals surface area contributed by atoms with Crippen LogP contribution in [-0.4, -0.2) is 78.8 Å². The molecule has 2 aliphatic carbocycles. The van der Waals surface area contributed by atoms with Crippen molar-refractivity contribution in [3.8, 4) is 17.3 Å². The van der Waals surface area contributed by atoms with Gasteiger partial charge in [0, 0.05) is 61.6 Å². The number of carbonyl (C=O) groups excluding carboxylic acids is 1. The number of nitriles is 1. The maximum Gasteiger partial charge on any atom is 0.317 e. The van der Waals surface area contributed by atoms with Crippen LogP contribution in [0.1, 0.15) is 38.5 Å². The molecule has 176 valence electrons. The molecule has 10 heteroatoms. The number of piperazine rings is 1. The lowest BCUT2D eigenvalue weighted by Crippen LogP contribution is -2.61. The molecule has 0 bridgehead atoms. The predicted octanol–water partition coefficient (Wildman–Crippen LogP) is 2.47. The maximum atomic E-state index is 12.5. The summed E-state index contributed by atoms with van der Waals surface area (Å²) >= 11 is 0. The zero-order valence-corrected chi connectivity index (χ0v) is 19.2. The zero-order chi connectivity index (χ0) is 23.1. The Hall–Kier alpha value is -3.45. The van der Waals surface area contributed by atoms with Crippen molar-refractivity contribution in [2.24, 2.45) is 0 Å². The molecule has 3 aromatic rings. The highest BCUT2D eigenvalue weighted by atomic mass is 16.2. The highest BCUT2D eigenvalue weighted by molar-refractivity contribution is 5.90. The zero-order valence-electron chi connectivity index (χ0n) is 19.2. The van der Waals surface area contributed by atoms with Crippen LogP contribution in [0.5, 0.6) is 0 Å². The van der Waals surface area contributed by atoms with Crippen LogP contribution in [0, 0.1) is 11.3 Å². The number of aromatic nitrogens is 5. The van der Waals surface area contributed by atoms with Crippen LogP contribution >= 0.6 is 0 Å². The number of amides is 2. The van der Waals surface area contributed by atoms with Gasteiger partial charge in [0.25, 0.3) is 0 Å². The van der Waals surface area contributed by atoms with Gasteiger partial charge in [-0.25, -0.2) is 14.8 Å². The lowest BCUT2D eigenvalue weighted by molar-refractivity contribution is -0.0132. The molecule has 0 unspecified atom stereocenters. The molecule has 3 aromatic heterocycles. The Morgan fingerprint density at radius 2 is 2.06 bits per heavy atom. The molecule has 6 rings (SSSR count). The largest absolute Gasteiger partial charge is 0.346 e. The third-order valence-electron chi connectivity index (χ3n) is 7.89. The molecule has 1 aliphatic heterocycles. The van der Waals surface area contributed by atoms with Crippen LogP contribution in [0.4, 0.5) is 4.79 Å². The van der Waals surface area contributed by atoms with E-state index in [1.165, 1.54) is 6.42 Å². The molecular weight excluding hydrogens is 430 g/mol. The third kappa shape index (κ3) is 3.60. The summed E-state index contributed by atoms with van der Waals surface area (Å²) in [5.74, 6) is 0. The van der Waals surface area contributed by atoms with Crippen LogP contribution in [0.3, 0.4) is 0 Å². The fraction of sp³-hybridized carbons (Fsp3) is 0.542. The summed E-state index contributed by atoms with van der Waals surface area (Å²) in [6.45, 7) is 3.27. The third-order valence-corrected chi connectivity index (χ3v) is 7.89. The van der Waals surface area contributed by atoms with E-state index in [0.29, 0.717) is 18.5 Å². The van der Waals surface area contributed by atoms with E-state index in [1.807, 2.05) is 34.2 Å². The van der Waals surface area contributed by atoms with Crippen molar-refractivity contribution in [3.05, 3.63) is 31.0 Å². The Kier molecular flexibility index (Phi) is 5.21. The van der Waals surface area contributed by atoms with E-state index < -0.39 is 0 Å². The van der Waals surface area contributed by atoms with Crippen molar-refractivity contribution in [1.82, 2.24) is 39.8 Å². The van der Waals surface area contributed by atoms with E-state index in [2.05, 4.69) is 36.3 Å². The molecule has 1 saturated heterocycles. The summed E-state index contributed by atoms with van der Waals surface area (Å²) in [4.78, 5) is 28.7. The highest BCUT2D eigenvalue weighted by Gasteiger charge is 2.49. The minimum absolute atomic E-state index is 0.0853. The van der Waals surface area contributed by atoms with Gasteiger partial charge in [-0.05, 0) is 38.2 Å². The minimum atomic E-state index is -0.291. The molecule has 10 nitrogen and oxygen atoms in total. The number of urea groups is 1. The van der Waals surface area contributed by atoms with E-state index in [4.69, 9.17) is 0 Å². The minimum Gasteiger partial charge on any atom is -0.346 e. The number of hydrogen-bond acceptors (Lipinski definition) is 6. The summed E-state index contributed by atoms with van der Waals surface area (Å²) in [5, 5.41) is 18.3. The Balaban J connectivity index is 1.11. The number of rotatable bonds is 5. The van der Waals surface area contributed by atoms with Gasteiger partial charge in [-0.2, -0.15) is 10.4 Å². The summed E-state index contributed by atoms with van der Waals surface area (Å²) in [5.41, 5.74) is 2.28. The molecule has 4 heterocycles. The van der Waals surface area contributed by atoms with Gasteiger partial charge >= 0.3 is 6.03 Å². The Labute approximate surface area is 198 Å². The van der Waals surface area contributed by atoms with Crippen molar-refractivity contribution in [2.75, 3.05) is 26.2 Å². The van der Waals surface area contributed by atoms with Gasteiger partial charge in [0.05, 0.1) is 29.9 Å². The molecule has 3 fully saturated rings. The second kappa shape index (κ2) is 8.40. The van der Waals surface area contributed by atoms with Gasteiger partial charge in [-0.1, -0.05) is 0 Å². The van der Waals surface area contributed by atoms with Crippen molar-refractivity contribution in [3.63, 3.8) is 0 Å². The first-order valence-corrected chi connectivity index (χ1v) is 12.2. The number of hydrogen-bond donors (Lipinski definition) is 2. The van der Waals surface area contributed by atoms with Crippen LogP contribution in [0.2, 0.25) is 0 Å². The molecular formula is C24H29N9O. The monoisotopic (exact) mass is 459 g/mol. The molecule has 0 aromatic carbocycles. The lowest BCUT2D eigenvalue weighted by Gasteiger charge is -2.52. The van der Waals surface area contributed by atoms with E-state index in [1.54, 1.807) is 6.33 Å². The van der Waals surface area contributed by atoms with Gasteiger partial charge in [-0.3, -0.25) is 9.58 Å². The first-order chi connectivity index (χ1) is 16.6. The number of aromatic amines is 1. The van der Waals surface area contributed by atoms with Crippen molar-refractivity contribution < 1.29 is 4.79 Å². The second-order valence-corrected chi connectivity index (χ2v) is 9.86. The van der Waals surface area contributed by atoms with Gasteiger partial charge in [0.1, 0.15) is 12.0 Å². The normalized spacial score (nSPS) is 25.5. The Bertz CT molecular complexity index is 1220. The fourth-order valence-electron chi connectivity index (χ4n) is 5.55. The van der Waals surface area contributed by atoms with Crippen molar-refractivity contribution in [1.29, 1.82) is 5.26 Å². The molecule has 0 atom stereocenters. The molecule has 2 N–H and O–H groups in total. The molecule has 34 heavy (non-hydrogen) atoms. The number of nitrogens with zero attached hydrogens (tertiary/aromatic N) is 7. The molecule has 0 spiro atoms. The van der Waals surface area contributed by atoms with E-state index in [0.717, 1.165) is 74.2 Å². The number of carbonyl (C=O) groups is 1. The summed E-state index contributed by atoms with van der Waals surface area (Å²) in [6.07, 6.45) is 12.9. The van der Waals surface area contributed by atoms with Crippen LogP contribution in [0.25, 0.3) is 22.3 Å². The Morgan fingerprint density at radius 1 is 1.24 bits per heavy atom. The maximum absolute atomic E-state index is 12.5. The average molecular weight is 460 g/mol. The fourth-order valence-corrected chi connectivity index (χ4v) is 5.55. The number of H-pyrrole nitrogens is 1. The van der Waals surface area contributed by atoms with Crippen molar-refractivity contribution >= 4 is 17.1 Å². The van der Waals surface area contributed by atoms with Crippen LogP contribution < -0.4 is 5.32 Å². The first-order valence-electron chi connectivity index (χ1n) is 12.2. The van der Waals surface area contributed by atoms with E-state index in [-0.39, 0.29) is 11.6 Å². The second-order valence-electron chi connectivity index (χ2n) is 9.86. The summed E-state index contributed by atoms with van der Waals surface area (Å²) in [7, 11) is 0. The number of nitrogens with one attached hydrogen (secondary N) is 2. The standard InChI is InChI=1S/C24H29N9O/c25-6-5-24(33-15-17(14-29-33)21-20-4-7-26-22(20)28-16-27-21)12-19(13-24)31-8-10-32(11-9-31)23(34)30-18-2-1-3-18/h4,7,14-16,18-19H,1-3,5,8-13H2,(H,30,34)(H,26,27,28)/t19-,24-. The summed E-state index contributed by atoms with van der Waals surface area (Å²) in [6, 6.07) is 5.23. The summed E-state index contributed by atoms with van der Waals surface area (Å²) < 4.78 is 1.98. The highest BCUT2D eigenvalue weighted by Crippen LogP contribution is 2.45. The quantitative estimate of drug-likeness (QED) is 0.605. The molecule has 0 radical (unpaired) electrons. The molecule has 2 saturated carbocycles.